The van der Waals surface area contributed by atoms with Gasteiger partial charge >= 0.3 is 0 Å². The first-order valence-corrected chi connectivity index (χ1v) is 6.59. The largest absolute Gasteiger partial charge is 0.494 e. The fourth-order valence-corrected chi connectivity index (χ4v) is 2.17. The van der Waals surface area contributed by atoms with Crippen molar-refractivity contribution in [2.45, 2.75) is 38.2 Å². The monoisotopic (exact) mass is 245 g/mol. The second kappa shape index (κ2) is 7.03. The van der Waals surface area contributed by atoms with Crippen molar-refractivity contribution >= 4 is 0 Å². The van der Waals surface area contributed by atoms with Gasteiger partial charge in [-0.3, -0.25) is 0 Å². The molecule has 96 valence electrons. The molecule has 0 amide bonds. The normalized spacial score (nSPS) is 18.5. The van der Waals surface area contributed by atoms with Gasteiger partial charge in [-0.25, -0.2) is 0 Å². The van der Waals surface area contributed by atoms with Gasteiger partial charge in [-0.2, -0.15) is 5.26 Å². The van der Waals surface area contributed by atoms with E-state index in [1.165, 1.54) is 12.8 Å². The first-order chi connectivity index (χ1) is 8.88. The zero-order chi connectivity index (χ0) is 12.6. The Morgan fingerprint density at radius 3 is 2.83 bits per heavy atom. The van der Waals surface area contributed by atoms with Crippen molar-refractivity contribution in [1.29, 1.82) is 5.26 Å². The van der Waals surface area contributed by atoms with E-state index in [0.29, 0.717) is 12.5 Å². The highest BCUT2D eigenvalue weighted by Crippen LogP contribution is 2.17. The highest BCUT2D eigenvalue weighted by atomic mass is 16.5. The van der Waals surface area contributed by atoms with E-state index in [9.17, 15) is 0 Å². The molecule has 0 saturated carbocycles. The fraction of sp³-hybridized carbons (Fsp3) is 0.533. The maximum Gasteiger partial charge on any atom is 0.119 e. The van der Waals surface area contributed by atoms with Crippen molar-refractivity contribution in [2.75, 3.05) is 13.2 Å². The first-order valence-electron chi connectivity index (χ1n) is 6.59. The van der Waals surface area contributed by atoms with Gasteiger partial charge in [0.2, 0.25) is 0 Å². The SMILES string of the molecule is N#CCc1ccc(OCCCC2CCCO2)cc1. The topological polar surface area (TPSA) is 42.2 Å². The van der Waals surface area contributed by atoms with Crippen LogP contribution in [0.4, 0.5) is 0 Å². The van der Waals surface area contributed by atoms with Crippen molar-refractivity contribution in [3.63, 3.8) is 0 Å². The summed E-state index contributed by atoms with van der Waals surface area (Å²) < 4.78 is 11.2. The van der Waals surface area contributed by atoms with Crippen LogP contribution in [0.25, 0.3) is 0 Å². The zero-order valence-electron chi connectivity index (χ0n) is 10.6. The van der Waals surface area contributed by atoms with Crippen LogP contribution in [0.1, 0.15) is 31.2 Å². The summed E-state index contributed by atoms with van der Waals surface area (Å²) >= 11 is 0. The Kier molecular flexibility index (Phi) is 5.04. The molecule has 18 heavy (non-hydrogen) atoms. The van der Waals surface area contributed by atoms with Crippen molar-refractivity contribution < 1.29 is 9.47 Å². The molecule has 0 N–H and O–H groups in total. The Bertz CT molecular complexity index is 388. The Labute approximate surface area is 108 Å². The average Bonchev–Trinajstić information content (AvgIpc) is 2.90. The summed E-state index contributed by atoms with van der Waals surface area (Å²) in [5.41, 5.74) is 1.03. The minimum Gasteiger partial charge on any atom is -0.494 e. The molecule has 1 fully saturated rings. The highest BCUT2D eigenvalue weighted by Gasteiger charge is 2.14. The molecule has 1 aliphatic rings. The van der Waals surface area contributed by atoms with Gasteiger partial charge < -0.3 is 9.47 Å². The van der Waals surface area contributed by atoms with Crippen LogP contribution in [0.3, 0.4) is 0 Å². The lowest BCUT2D eigenvalue weighted by atomic mass is 10.1. The molecule has 0 radical (unpaired) electrons. The lowest BCUT2D eigenvalue weighted by Crippen LogP contribution is -2.07. The summed E-state index contributed by atoms with van der Waals surface area (Å²) in [5.74, 6) is 0.879. The third kappa shape index (κ3) is 4.05. The first kappa shape index (κ1) is 12.9. The molecular weight excluding hydrogens is 226 g/mol. The molecule has 3 heteroatoms. The van der Waals surface area contributed by atoms with E-state index in [-0.39, 0.29) is 0 Å². The summed E-state index contributed by atoms with van der Waals surface area (Å²) in [6.45, 7) is 1.66. The number of hydrogen-bond donors (Lipinski definition) is 0. The number of benzene rings is 1. The molecule has 1 aromatic rings. The van der Waals surface area contributed by atoms with Gasteiger partial charge in [0, 0.05) is 6.61 Å². The van der Waals surface area contributed by atoms with E-state index in [0.717, 1.165) is 37.4 Å². The summed E-state index contributed by atoms with van der Waals surface area (Å²) in [6, 6.07) is 9.88. The van der Waals surface area contributed by atoms with Gasteiger partial charge in [0.05, 0.1) is 25.2 Å². The molecule has 3 nitrogen and oxygen atoms in total. The van der Waals surface area contributed by atoms with Gasteiger partial charge in [-0.15, -0.1) is 0 Å². The van der Waals surface area contributed by atoms with Crippen molar-refractivity contribution in [3.05, 3.63) is 29.8 Å². The van der Waals surface area contributed by atoms with Gasteiger partial charge in [-0.1, -0.05) is 12.1 Å². The summed E-state index contributed by atoms with van der Waals surface area (Å²) in [7, 11) is 0. The van der Waals surface area contributed by atoms with Crippen LogP contribution in [-0.4, -0.2) is 19.3 Å². The third-order valence-corrected chi connectivity index (χ3v) is 3.17. The van der Waals surface area contributed by atoms with Crippen LogP contribution >= 0.6 is 0 Å². The molecule has 0 aromatic heterocycles. The minimum atomic E-state index is 0.451. The van der Waals surface area contributed by atoms with Gasteiger partial charge in [0.25, 0.3) is 0 Å². The smallest absolute Gasteiger partial charge is 0.119 e. The van der Waals surface area contributed by atoms with E-state index >= 15 is 0 Å². The molecule has 0 spiro atoms. The molecular formula is C15H19NO2. The number of rotatable bonds is 6. The Balaban J connectivity index is 1.65. The maximum atomic E-state index is 8.57. The maximum absolute atomic E-state index is 8.57. The van der Waals surface area contributed by atoms with Crippen LogP contribution in [0, 0.1) is 11.3 Å². The molecule has 1 aliphatic heterocycles. The van der Waals surface area contributed by atoms with Crippen LogP contribution in [0.2, 0.25) is 0 Å². The van der Waals surface area contributed by atoms with Crippen molar-refractivity contribution in [1.82, 2.24) is 0 Å². The van der Waals surface area contributed by atoms with Crippen LogP contribution in [-0.2, 0) is 11.2 Å². The average molecular weight is 245 g/mol. The van der Waals surface area contributed by atoms with Crippen molar-refractivity contribution in [3.8, 4) is 11.8 Å². The van der Waals surface area contributed by atoms with Crippen LogP contribution < -0.4 is 4.74 Å². The van der Waals surface area contributed by atoms with E-state index in [4.69, 9.17) is 14.7 Å². The number of hydrogen-bond acceptors (Lipinski definition) is 3. The number of nitriles is 1. The van der Waals surface area contributed by atoms with Gasteiger partial charge in [0.1, 0.15) is 5.75 Å². The quantitative estimate of drug-likeness (QED) is 0.723. The van der Waals surface area contributed by atoms with E-state index < -0.39 is 0 Å². The van der Waals surface area contributed by atoms with E-state index in [1.807, 2.05) is 24.3 Å². The molecule has 1 saturated heterocycles. The summed E-state index contributed by atoms with van der Waals surface area (Å²) in [5, 5.41) is 8.57. The lowest BCUT2D eigenvalue weighted by Gasteiger charge is -2.10. The molecule has 1 unspecified atom stereocenters. The molecule has 1 heterocycles. The lowest BCUT2D eigenvalue weighted by molar-refractivity contribution is 0.0981. The van der Waals surface area contributed by atoms with Gasteiger partial charge in [0.15, 0.2) is 0 Å². The van der Waals surface area contributed by atoms with Crippen LogP contribution in [0.5, 0.6) is 5.75 Å². The Morgan fingerprint density at radius 1 is 1.33 bits per heavy atom. The fourth-order valence-electron chi connectivity index (χ4n) is 2.17. The third-order valence-electron chi connectivity index (χ3n) is 3.17. The minimum absolute atomic E-state index is 0.451. The van der Waals surface area contributed by atoms with E-state index in [2.05, 4.69) is 6.07 Å². The number of ether oxygens (including phenoxy) is 2. The number of nitrogens with zero attached hydrogens (tertiary/aromatic N) is 1. The second-order valence-electron chi connectivity index (χ2n) is 4.60. The zero-order valence-corrected chi connectivity index (χ0v) is 10.6. The second-order valence-corrected chi connectivity index (χ2v) is 4.60. The molecule has 1 aromatic carbocycles. The molecule has 2 rings (SSSR count). The summed E-state index contributed by atoms with van der Waals surface area (Å²) in [6.07, 6.45) is 5.43. The standard InChI is InChI=1S/C15H19NO2/c16-10-9-13-5-7-15(8-6-13)18-12-2-4-14-3-1-11-17-14/h5-8,14H,1-4,9,11-12H2. The van der Waals surface area contributed by atoms with E-state index in [1.54, 1.807) is 0 Å². The van der Waals surface area contributed by atoms with Crippen molar-refractivity contribution in [2.24, 2.45) is 0 Å². The predicted octanol–water partition coefficient (Wildman–Crippen LogP) is 3.09. The Morgan fingerprint density at radius 2 is 2.17 bits per heavy atom. The summed E-state index contributed by atoms with van der Waals surface area (Å²) in [4.78, 5) is 0. The van der Waals surface area contributed by atoms with Gasteiger partial charge in [-0.05, 0) is 43.4 Å². The highest BCUT2D eigenvalue weighted by molar-refractivity contribution is 5.28. The van der Waals surface area contributed by atoms with Crippen LogP contribution in [0.15, 0.2) is 24.3 Å². The Hall–Kier alpha value is -1.53. The molecule has 0 aliphatic carbocycles. The molecule has 1 atom stereocenters. The molecule has 0 bridgehead atoms. The predicted molar refractivity (Wildman–Crippen MR) is 69.5 cm³/mol.